The highest BCUT2D eigenvalue weighted by atomic mass is 19.1. The van der Waals surface area contributed by atoms with E-state index in [9.17, 15) is 14.0 Å². The zero-order chi connectivity index (χ0) is 29.3. The predicted molar refractivity (Wildman–Crippen MR) is 152 cm³/mol. The van der Waals surface area contributed by atoms with Crippen molar-refractivity contribution in [1.29, 1.82) is 0 Å². The zero-order valence-corrected chi connectivity index (χ0v) is 23.8. The number of para-hydroxylation sites is 1. The van der Waals surface area contributed by atoms with E-state index in [2.05, 4.69) is 0 Å². The first-order chi connectivity index (χ1) is 19.8. The summed E-state index contributed by atoms with van der Waals surface area (Å²) in [5.74, 6) is 0.460. The average Bonchev–Trinajstić information content (AvgIpc) is 3.01. The van der Waals surface area contributed by atoms with E-state index < -0.39 is 12.0 Å². The molecule has 0 aromatic heterocycles. The van der Waals surface area contributed by atoms with Gasteiger partial charge in [-0.25, -0.2) is 4.39 Å². The Hall–Kier alpha value is -4.47. The van der Waals surface area contributed by atoms with E-state index in [4.69, 9.17) is 18.9 Å². The summed E-state index contributed by atoms with van der Waals surface area (Å²) in [4.78, 5) is 33.5. The van der Waals surface area contributed by atoms with Crippen LogP contribution in [0.4, 0.5) is 10.1 Å². The van der Waals surface area contributed by atoms with Gasteiger partial charge in [0.1, 0.15) is 5.82 Å². The summed E-state index contributed by atoms with van der Waals surface area (Å²) in [6.07, 6.45) is 0. The van der Waals surface area contributed by atoms with E-state index >= 15 is 0 Å². The van der Waals surface area contributed by atoms with Crippen molar-refractivity contribution in [1.82, 2.24) is 9.80 Å². The molecule has 0 N–H and O–H groups in total. The second-order valence-corrected chi connectivity index (χ2v) is 10.0. The van der Waals surface area contributed by atoms with Crippen molar-refractivity contribution in [2.24, 2.45) is 0 Å². The number of rotatable bonds is 7. The van der Waals surface area contributed by atoms with Crippen LogP contribution < -0.4 is 23.8 Å². The Bertz CT molecular complexity index is 1460. The molecule has 10 heteroatoms. The number of benzene rings is 3. The number of anilines is 1. The first-order valence-corrected chi connectivity index (χ1v) is 13.4. The summed E-state index contributed by atoms with van der Waals surface area (Å²) in [6, 6.07) is 14.8. The highest BCUT2D eigenvalue weighted by molar-refractivity contribution is 6.02. The number of ether oxygens (including phenoxy) is 4. The quantitative estimate of drug-likeness (QED) is 0.428. The lowest BCUT2D eigenvalue weighted by Gasteiger charge is -2.43. The van der Waals surface area contributed by atoms with E-state index in [0.717, 1.165) is 5.56 Å². The highest BCUT2D eigenvalue weighted by Crippen LogP contribution is 2.47. The Morgan fingerprint density at radius 1 is 0.805 bits per heavy atom. The molecule has 2 amide bonds. The van der Waals surface area contributed by atoms with Crippen LogP contribution in [0.15, 0.2) is 54.6 Å². The van der Waals surface area contributed by atoms with Gasteiger partial charge in [-0.05, 0) is 47.5 Å². The largest absolute Gasteiger partial charge is 0.493 e. The molecule has 216 valence electrons. The smallest absolute Gasteiger partial charge is 0.254 e. The summed E-state index contributed by atoms with van der Waals surface area (Å²) < 4.78 is 36.5. The molecule has 3 aromatic rings. The van der Waals surface area contributed by atoms with Crippen LogP contribution in [0.3, 0.4) is 0 Å². The Labute approximate surface area is 239 Å². The normalized spacial score (nSPS) is 18.6. The molecule has 0 radical (unpaired) electrons. The second kappa shape index (κ2) is 11.6. The fourth-order valence-corrected chi connectivity index (χ4v) is 5.84. The summed E-state index contributed by atoms with van der Waals surface area (Å²) in [6.45, 7) is 1.77. The molecule has 3 aromatic carbocycles. The summed E-state index contributed by atoms with van der Waals surface area (Å²) in [7, 11) is 7.81. The molecule has 2 aliphatic rings. The van der Waals surface area contributed by atoms with E-state index in [1.54, 1.807) is 73.5 Å². The molecule has 1 saturated heterocycles. The van der Waals surface area contributed by atoms with Crippen molar-refractivity contribution in [2.75, 3.05) is 66.6 Å². The van der Waals surface area contributed by atoms with Gasteiger partial charge in [0.15, 0.2) is 23.0 Å². The van der Waals surface area contributed by atoms with Gasteiger partial charge in [-0.15, -0.1) is 0 Å². The van der Waals surface area contributed by atoms with Gasteiger partial charge in [0.25, 0.3) is 5.91 Å². The number of halogens is 1. The fraction of sp³-hybridized carbons (Fsp3) is 0.355. The number of carbonyl (C=O) groups excluding carboxylic acids is 2. The molecule has 0 spiro atoms. The van der Waals surface area contributed by atoms with Gasteiger partial charge >= 0.3 is 0 Å². The highest BCUT2D eigenvalue weighted by Gasteiger charge is 2.45. The van der Waals surface area contributed by atoms with Crippen LogP contribution in [0.1, 0.15) is 33.4 Å². The molecule has 0 unspecified atom stereocenters. The molecule has 41 heavy (non-hydrogen) atoms. The molecule has 2 atom stereocenters. The molecule has 0 bridgehead atoms. The van der Waals surface area contributed by atoms with Gasteiger partial charge in [-0.1, -0.05) is 18.2 Å². The van der Waals surface area contributed by atoms with E-state index in [0.29, 0.717) is 66.0 Å². The van der Waals surface area contributed by atoms with Crippen LogP contribution in [-0.4, -0.2) is 83.3 Å². The third-order valence-corrected chi connectivity index (χ3v) is 7.97. The van der Waals surface area contributed by atoms with Crippen molar-refractivity contribution in [2.45, 2.75) is 12.0 Å². The van der Waals surface area contributed by atoms with Crippen LogP contribution in [0.25, 0.3) is 0 Å². The lowest BCUT2D eigenvalue weighted by atomic mass is 9.78. The lowest BCUT2D eigenvalue weighted by Crippen LogP contribution is -2.53. The number of fused-ring (bicyclic) bond motifs is 1. The summed E-state index contributed by atoms with van der Waals surface area (Å²) in [5, 5.41) is 0. The van der Waals surface area contributed by atoms with Gasteiger partial charge in [0, 0.05) is 38.8 Å². The maximum atomic E-state index is 14.5. The average molecular weight is 564 g/mol. The zero-order valence-electron chi connectivity index (χ0n) is 23.8. The molecule has 9 nitrogen and oxygen atoms in total. The molecule has 2 aliphatic heterocycles. The van der Waals surface area contributed by atoms with E-state index in [-0.39, 0.29) is 17.6 Å². The minimum absolute atomic E-state index is 0.134. The van der Waals surface area contributed by atoms with Gasteiger partial charge in [0.2, 0.25) is 5.91 Å². The molecule has 0 aliphatic carbocycles. The van der Waals surface area contributed by atoms with Crippen LogP contribution in [0, 0.1) is 5.82 Å². The Morgan fingerprint density at radius 3 is 2.05 bits per heavy atom. The van der Waals surface area contributed by atoms with Crippen molar-refractivity contribution < 1.29 is 32.9 Å². The molecule has 2 heterocycles. The van der Waals surface area contributed by atoms with Crippen LogP contribution >= 0.6 is 0 Å². The fourth-order valence-electron chi connectivity index (χ4n) is 5.84. The first kappa shape index (κ1) is 28.1. The van der Waals surface area contributed by atoms with Crippen molar-refractivity contribution in [3.8, 4) is 23.0 Å². The van der Waals surface area contributed by atoms with Crippen LogP contribution in [0.2, 0.25) is 0 Å². The molecular formula is C31H34FN3O6. The van der Waals surface area contributed by atoms with Gasteiger partial charge < -0.3 is 33.6 Å². The Balaban J connectivity index is 1.56. The summed E-state index contributed by atoms with van der Waals surface area (Å²) in [5.41, 5.74) is 2.19. The third kappa shape index (κ3) is 4.98. The standard InChI is InChI=1S/C31H34FN3O6/c1-33-29(19-10-11-24(38-2)25(16-19)39-3)28(20-17-26(40-4)27(41-5)18-21(20)30(33)36)31(37)35-14-12-34(13-15-35)23-9-7-6-8-22(23)32/h6-11,16-18,28-29H,12-15H2,1-5H3/t28-,29-/m1/s1. The molecule has 5 rings (SSSR count). The van der Waals surface area contributed by atoms with E-state index in [1.165, 1.54) is 20.3 Å². The van der Waals surface area contributed by atoms with Gasteiger partial charge in [-0.2, -0.15) is 0 Å². The van der Waals surface area contributed by atoms with Crippen LogP contribution in [0.5, 0.6) is 23.0 Å². The number of piperazine rings is 1. The number of hydrogen-bond acceptors (Lipinski definition) is 7. The Kier molecular flexibility index (Phi) is 7.92. The van der Waals surface area contributed by atoms with Gasteiger partial charge in [0.05, 0.1) is 46.1 Å². The number of hydrogen-bond donors (Lipinski definition) is 0. The summed E-state index contributed by atoms with van der Waals surface area (Å²) >= 11 is 0. The van der Waals surface area contributed by atoms with Gasteiger partial charge in [-0.3, -0.25) is 9.59 Å². The first-order valence-electron chi connectivity index (χ1n) is 13.4. The van der Waals surface area contributed by atoms with Crippen molar-refractivity contribution in [3.63, 3.8) is 0 Å². The number of carbonyl (C=O) groups is 2. The minimum Gasteiger partial charge on any atom is -0.493 e. The molecular weight excluding hydrogens is 529 g/mol. The molecule has 0 saturated carbocycles. The van der Waals surface area contributed by atoms with Crippen LogP contribution in [-0.2, 0) is 4.79 Å². The predicted octanol–water partition coefficient (Wildman–Crippen LogP) is 4.12. The second-order valence-electron chi connectivity index (χ2n) is 10.0. The number of methoxy groups -OCH3 is 4. The molecule has 1 fully saturated rings. The Morgan fingerprint density at radius 2 is 1.41 bits per heavy atom. The van der Waals surface area contributed by atoms with Crippen molar-refractivity contribution >= 4 is 17.5 Å². The maximum absolute atomic E-state index is 14.5. The van der Waals surface area contributed by atoms with Crippen molar-refractivity contribution in [3.05, 3.63) is 77.1 Å². The monoisotopic (exact) mass is 563 g/mol. The minimum atomic E-state index is -0.745. The SMILES string of the molecule is COc1ccc([C@@H]2[C@H](C(=O)N3CCN(c4ccccc4F)CC3)c3cc(OC)c(OC)cc3C(=O)N2C)cc1OC. The number of likely N-dealkylation sites (N-methyl/N-ethyl adjacent to an activating group) is 1. The maximum Gasteiger partial charge on any atom is 0.254 e. The van der Waals surface area contributed by atoms with E-state index in [1.807, 2.05) is 11.0 Å². The number of amides is 2. The topological polar surface area (TPSA) is 80.8 Å². The number of nitrogens with zero attached hydrogens (tertiary/aromatic N) is 3. The third-order valence-electron chi connectivity index (χ3n) is 7.97. The lowest BCUT2D eigenvalue weighted by molar-refractivity contribution is -0.134.